The fraction of sp³-hybridized carbons (Fsp3) is 0.286. The summed E-state index contributed by atoms with van der Waals surface area (Å²) in [5, 5.41) is 0.937. The topological polar surface area (TPSA) is 45.3 Å². The minimum absolute atomic E-state index is 0.0471. The number of H-pyrrole nitrogens is 1. The number of aromatic amines is 1. The molecule has 1 amide bonds. The number of halogens is 1. The Balaban J connectivity index is 1.66. The van der Waals surface area contributed by atoms with Gasteiger partial charge in [0, 0.05) is 17.4 Å². The van der Waals surface area contributed by atoms with E-state index in [-0.39, 0.29) is 17.8 Å². The molecule has 0 spiro atoms. The molecule has 1 fully saturated rings. The van der Waals surface area contributed by atoms with Crippen LogP contribution in [0, 0.1) is 5.82 Å². The van der Waals surface area contributed by atoms with Crippen molar-refractivity contribution in [2.24, 2.45) is 0 Å². The summed E-state index contributed by atoms with van der Waals surface area (Å²) in [5.41, 5.74) is 2.31. The van der Waals surface area contributed by atoms with Gasteiger partial charge in [-0.2, -0.15) is 0 Å². The summed E-state index contributed by atoms with van der Waals surface area (Å²) >= 11 is 0. The van der Waals surface area contributed by atoms with E-state index in [2.05, 4.69) is 4.98 Å². The van der Waals surface area contributed by atoms with Crippen LogP contribution in [0.4, 0.5) is 4.39 Å². The Bertz CT molecular complexity index is 950. The van der Waals surface area contributed by atoms with Gasteiger partial charge in [-0.15, -0.1) is 0 Å². The van der Waals surface area contributed by atoms with Crippen LogP contribution in [-0.2, 0) is 0 Å². The molecular formula is C21H21FN2O2. The molecule has 2 heterocycles. The number of hydrogen-bond donors (Lipinski definition) is 1. The maximum atomic E-state index is 13.7. The zero-order chi connectivity index (χ0) is 18.1. The fourth-order valence-corrected chi connectivity index (χ4v) is 3.74. The molecule has 0 saturated carbocycles. The average molecular weight is 352 g/mol. The van der Waals surface area contributed by atoms with E-state index in [0.717, 1.165) is 41.5 Å². The number of methoxy groups -OCH3 is 1. The van der Waals surface area contributed by atoms with Crippen LogP contribution in [-0.4, -0.2) is 29.4 Å². The van der Waals surface area contributed by atoms with E-state index in [1.807, 2.05) is 35.2 Å². The number of rotatable bonds is 3. The summed E-state index contributed by atoms with van der Waals surface area (Å²) in [6, 6.07) is 14.0. The number of piperidine rings is 1. The van der Waals surface area contributed by atoms with Crippen LogP contribution in [0.25, 0.3) is 10.9 Å². The molecule has 1 N–H and O–H groups in total. The third-order valence-electron chi connectivity index (χ3n) is 5.06. The van der Waals surface area contributed by atoms with Crippen molar-refractivity contribution in [2.75, 3.05) is 13.7 Å². The van der Waals surface area contributed by atoms with Crippen molar-refractivity contribution >= 4 is 16.8 Å². The summed E-state index contributed by atoms with van der Waals surface area (Å²) in [4.78, 5) is 18.2. The molecule has 1 atom stereocenters. The van der Waals surface area contributed by atoms with Gasteiger partial charge in [0.25, 0.3) is 5.91 Å². The van der Waals surface area contributed by atoms with Crippen molar-refractivity contribution in [2.45, 2.75) is 25.3 Å². The summed E-state index contributed by atoms with van der Waals surface area (Å²) in [6.45, 7) is 0.679. The quantitative estimate of drug-likeness (QED) is 0.744. The molecule has 1 unspecified atom stereocenters. The van der Waals surface area contributed by atoms with Crippen LogP contribution in [0.2, 0.25) is 0 Å². The number of benzene rings is 2. The van der Waals surface area contributed by atoms with Crippen molar-refractivity contribution in [3.63, 3.8) is 0 Å². The molecule has 0 radical (unpaired) electrons. The highest BCUT2D eigenvalue weighted by Gasteiger charge is 2.29. The van der Waals surface area contributed by atoms with E-state index < -0.39 is 0 Å². The van der Waals surface area contributed by atoms with Gasteiger partial charge in [-0.05, 0) is 61.2 Å². The van der Waals surface area contributed by atoms with Crippen LogP contribution in [0.3, 0.4) is 0 Å². The van der Waals surface area contributed by atoms with E-state index in [4.69, 9.17) is 4.74 Å². The van der Waals surface area contributed by atoms with Gasteiger partial charge in [-0.3, -0.25) is 4.79 Å². The SMILES string of the molecule is COc1ccc2[nH]c(C(=O)N3CCCCC3c3cccc(F)c3)cc2c1. The summed E-state index contributed by atoms with van der Waals surface area (Å²) in [5.74, 6) is 0.443. The molecule has 3 aromatic rings. The number of amides is 1. The van der Waals surface area contributed by atoms with E-state index in [1.165, 1.54) is 12.1 Å². The molecule has 4 rings (SSSR count). The predicted octanol–water partition coefficient (Wildman–Crippen LogP) is 4.68. The Morgan fingerprint density at radius 3 is 2.88 bits per heavy atom. The van der Waals surface area contributed by atoms with Gasteiger partial charge < -0.3 is 14.6 Å². The number of nitrogens with zero attached hydrogens (tertiary/aromatic N) is 1. The molecule has 4 nitrogen and oxygen atoms in total. The molecule has 0 aliphatic carbocycles. The van der Waals surface area contributed by atoms with Gasteiger partial charge in [-0.25, -0.2) is 4.39 Å². The van der Waals surface area contributed by atoms with Gasteiger partial charge in [0.1, 0.15) is 17.3 Å². The minimum Gasteiger partial charge on any atom is -0.497 e. The Labute approximate surface area is 151 Å². The van der Waals surface area contributed by atoms with Crippen LogP contribution in [0.5, 0.6) is 5.75 Å². The maximum absolute atomic E-state index is 13.7. The second kappa shape index (κ2) is 6.83. The van der Waals surface area contributed by atoms with E-state index >= 15 is 0 Å². The molecule has 1 aliphatic rings. The standard InChI is InChI=1S/C21H21FN2O2/c1-26-17-8-9-18-15(12-17)13-19(23-18)21(25)24-10-3-2-7-20(24)14-5-4-6-16(22)11-14/h4-6,8-9,11-13,20,23H,2-3,7,10H2,1H3. The number of aromatic nitrogens is 1. The average Bonchev–Trinajstić information content (AvgIpc) is 3.10. The zero-order valence-corrected chi connectivity index (χ0v) is 14.7. The molecule has 1 saturated heterocycles. The molecule has 2 aromatic carbocycles. The highest BCUT2D eigenvalue weighted by atomic mass is 19.1. The molecule has 26 heavy (non-hydrogen) atoms. The summed E-state index contributed by atoms with van der Waals surface area (Å²) in [6.07, 6.45) is 2.85. The largest absolute Gasteiger partial charge is 0.497 e. The van der Waals surface area contributed by atoms with Crippen molar-refractivity contribution in [3.05, 3.63) is 65.6 Å². The Hall–Kier alpha value is -2.82. The minimum atomic E-state index is -0.266. The molecule has 5 heteroatoms. The molecule has 1 aliphatic heterocycles. The van der Waals surface area contributed by atoms with E-state index in [9.17, 15) is 9.18 Å². The van der Waals surface area contributed by atoms with Gasteiger partial charge >= 0.3 is 0 Å². The second-order valence-electron chi connectivity index (χ2n) is 6.70. The van der Waals surface area contributed by atoms with Crippen LogP contribution in [0.1, 0.15) is 41.4 Å². The lowest BCUT2D eigenvalue weighted by Gasteiger charge is -2.36. The number of nitrogens with one attached hydrogen (secondary N) is 1. The van der Waals surface area contributed by atoms with Gasteiger partial charge in [0.15, 0.2) is 0 Å². The molecule has 1 aromatic heterocycles. The third-order valence-corrected chi connectivity index (χ3v) is 5.06. The monoisotopic (exact) mass is 352 g/mol. The van der Waals surface area contributed by atoms with Crippen molar-refractivity contribution in [3.8, 4) is 5.75 Å². The fourth-order valence-electron chi connectivity index (χ4n) is 3.74. The number of carbonyl (C=O) groups excluding carboxylic acids is 1. The molecule has 0 bridgehead atoms. The lowest BCUT2D eigenvalue weighted by molar-refractivity contribution is 0.0606. The Morgan fingerprint density at radius 1 is 1.19 bits per heavy atom. The first-order valence-electron chi connectivity index (χ1n) is 8.89. The van der Waals surface area contributed by atoms with E-state index in [1.54, 1.807) is 13.2 Å². The summed E-state index contributed by atoms with van der Waals surface area (Å²) in [7, 11) is 1.62. The zero-order valence-electron chi connectivity index (χ0n) is 14.7. The van der Waals surface area contributed by atoms with Gasteiger partial charge in [0.05, 0.1) is 13.2 Å². The van der Waals surface area contributed by atoms with Crippen LogP contribution < -0.4 is 4.74 Å². The Morgan fingerprint density at radius 2 is 2.08 bits per heavy atom. The van der Waals surface area contributed by atoms with Gasteiger partial charge in [-0.1, -0.05) is 12.1 Å². The first kappa shape index (κ1) is 16.6. The maximum Gasteiger partial charge on any atom is 0.270 e. The second-order valence-corrected chi connectivity index (χ2v) is 6.70. The lowest BCUT2D eigenvalue weighted by atomic mass is 9.95. The van der Waals surface area contributed by atoms with Crippen LogP contribution >= 0.6 is 0 Å². The number of likely N-dealkylation sites (tertiary alicyclic amines) is 1. The molecule has 134 valence electrons. The number of fused-ring (bicyclic) bond motifs is 1. The van der Waals surface area contributed by atoms with Crippen LogP contribution in [0.15, 0.2) is 48.5 Å². The molecular weight excluding hydrogens is 331 g/mol. The smallest absolute Gasteiger partial charge is 0.270 e. The predicted molar refractivity (Wildman–Crippen MR) is 98.9 cm³/mol. The number of hydrogen-bond acceptors (Lipinski definition) is 2. The normalized spacial score (nSPS) is 17.5. The van der Waals surface area contributed by atoms with Crippen molar-refractivity contribution < 1.29 is 13.9 Å². The highest BCUT2D eigenvalue weighted by Crippen LogP contribution is 2.33. The van der Waals surface area contributed by atoms with E-state index in [0.29, 0.717) is 12.2 Å². The first-order valence-corrected chi connectivity index (χ1v) is 8.89. The van der Waals surface area contributed by atoms with Gasteiger partial charge in [0.2, 0.25) is 0 Å². The number of ether oxygens (including phenoxy) is 1. The van der Waals surface area contributed by atoms with Crippen molar-refractivity contribution in [1.29, 1.82) is 0 Å². The Kier molecular flexibility index (Phi) is 4.37. The third kappa shape index (κ3) is 3.05. The summed E-state index contributed by atoms with van der Waals surface area (Å²) < 4.78 is 18.9. The highest BCUT2D eigenvalue weighted by molar-refractivity contribution is 5.98. The lowest BCUT2D eigenvalue weighted by Crippen LogP contribution is -2.38. The number of carbonyl (C=O) groups is 1. The first-order chi connectivity index (χ1) is 12.7. The van der Waals surface area contributed by atoms with Crippen molar-refractivity contribution in [1.82, 2.24) is 9.88 Å².